The lowest BCUT2D eigenvalue weighted by molar-refractivity contribution is -0.385. The minimum absolute atomic E-state index is 0.0856. The van der Waals surface area contributed by atoms with Gasteiger partial charge in [0.25, 0.3) is 11.6 Å². The van der Waals surface area contributed by atoms with Gasteiger partial charge in [-0.3, -0.25) is 19.8 Å². The maximum Gasteiger partial charge on any atom is 0.282 e. The van der Waals surface area contributed by atoms with Gasteiger partial charge in [-0.2, -0.15) is 0 Å². The highest BCUT2D eigenvalue weighted by atomic mass is 79.9. The van der Waals surface area contributed by atoms with Gasteiger partial charge in [0.15, 0.2) is 0 Å². The highest BCUT2D eigenvalue weighted by Crippen LogP contribution is 2.32. The molecule has 1 amide bonds. The Balaban J connectivity index is 1.88. The van der Waals surface area contributed by atoms with Gasteiger partial charge < -0.3 is 0 Å². The largest absolute Gasteiger partial charge is 0.282 e. The van der Waals surface area contributed by atoms with Crippen LogP contribution in [0.1, 0.15) is 11.1 Å². The maximum absolute atomic E-state index is 13.3. The number of hydrogen-bond donors (Lipinski definition) is 0. The minimum atomic E-state index is -0.475. The van der Waals surface area contributed by atoms with Crippen molar-refractivity contribution in [1.29, 1.82) is 0 Å². The SMILES string of the molecule is O=C1/C(=C\c2ccccc2[N+](=O)[O-])N=C(c2ccccc2Br)N1c1ccc(Br)cc1. The van der Waals surface area contributed by atoms with Crippen LogP contribution in [0.25, 0.3) is 6.08 Å². The Hall–Kier alpha value is -3.10. The molecule has 0 fully saturated rings. The van der Waals surface area contributed by atoms with E-state index in [0.717, 1.165) is 14.5 Å². The lowest BCUT2D eigenvalue weighted by Crippen LogP contribution is -2.32. The highest BCUT2D eigenvalue weighted by Gasteiger charge is 2.33. The third-order valence-corrected chi connectivity index (χ3v) is 5.71. The second-order valence-electron chi connectivity index (χ2n) is 6.38. The van der Waals surface area contributed by atoms with E-state index in [2.05, 4.69) is 36.9 Å². The minimum Gasteiger partial charge on any atom is -0.266 e. The Bertz CT molecular complexity index is 1220. The summed E-state index contributed by atoms with van der Waals surface area (Å²) in [4.78, 5) is 30.3. The van der Waals surface area contributed by atoms with Crippen LogP contribution in [0.15, 0.2) is 92.4 Å². The fraction of sp³-hybridized carbons (Fsp3) is 0. The van der Waals surface area contributed by atoms with Crippen LogP contribution in [0.4, 0.5) is 11.4 Å². The number of carbonyl (C=O) groups excluding carboxylic acids is 1. The van der Waals surface area contributed by atoms with Crippen molar-refractivity contribution in [3.05, 3.63) is 109 Å². The van der Waals surface area contributed by atoms with Gasteiger partial charge in [-0.05, 0) is 42.5 Å². The number of aliphatic imine (C=N–C) groups is 1. The molecular formula is C22H13Br2N3O3. The van der Waals surface area contributed by atoms with Crippen molar-refractivity contribution in [3.8, 4) is 0 Å². The molecule has 0 N–H and O–H groups in total. The number of hydrogen-bond acceptors (Lipinski definition) is 4. The van der Waals surface area contributed by atoms with E-state index in [1.54, 1.807) is 18.2 Å². The first-order chi connectivity index (χ1) is 14.5. The smallest absolute Gasteiger partial charge is 0.266 e. The zero-order valence-electron chi connectivity index (χ0n) is 15.3. The van der Waals surface area contributed by atoms with Crippen LogP contribution >= 0.6 is 31.9 Å². The Labute approximate surface area is 189 Å². The summed E-state index contributed by atoms with van der Waals surface area (Å²) in [5, 5.41) is 11.4. The summed E-state index contributed by atoms with van der Waals surface area (Å²) in [6, 6.07) is 21.0. The molecule has 4 rings (SSSR count). The summed E-state index contributed by atoms with van der Waals surface area (Å²) in [7, 11) is 0. The number of halogens is 2. The van der Waals surface area contributed by atoms with Crippen LogP contribution in [-0.4, -0.2) is 16.7 Å². The second-order valence-corrected chi connectivity index (χ2v) is 8.15. The van der Waals surface area contributed by atoms with Crippen LogP contribution in [0.3, 0.4) is 0 Å². The molecule has 1 aliphatic rings. The first-order valence-electron chi connectivity index (χ1n) is 8.84. The molecular weight excluding hydrogens is 514 g/mol. The van der Waals surface area contributed by atoms with Gasteiger partial charge in [0, 0.05) is 20.6 Å². The number of carbonyl (C=O) groups is 1. The van der Waals surface area contributed by atoms with Crippen LogP contribution < -0.4 is 4.90 Å². The first kappa shape index (κ1) is 20.2. The predicted molar refractivity (Wildman–Crippen MR) is 123 cm³/mol. The molecule has 0 spiro atoms. The van der Waals surface area contributed by atoms with Crippen LogP contribution in [0.5, 0.6) is 0 Å². The van der Waals surface area contributed by atoms with Crippen molar-refractivity contribution in [2.24, 2.45) is 4.99 Å². The number of amidine groups is 1. The summed E-state index contributed by atoms with van der Waals surface area (Å²) in [5.41, 5.74) is 1.73. The van der Waals surface area contributed by atoms with E-state index in [0.29, 0.717) is 17.1 Å². The van der Waals surface area contributed by atoms with Gasteiger partial charge in [-0.1, -0.05) is 62.2 Å². The van der Waals surface area contributed by atoms with Crippen molar-refractivity contribution in [3.63, 3.8) is 0 Å². The number of benzene rings is 3. The van der Waals surface area contributed by atoms with E-state index in [1.807, 2.05) is 48.5 Å². The quantitative estimate of drug-likeness (QED) is 0.239. The summed E-state index contributed by atoms with van der Waals surface area (Å²) >= 11 is 6.92. The molecule has 6 nitrogen and oxygen atoms in total. The van der Waals surface area contributed by atoms with Crippen LogP contribution in [0.2, 0.25) is 0 Å². The van der Waals surface area contributed by atoms with E-state index in [-0.39, 0.29) is 17.3 Å². The average Bonchev–Trinajstić information content (AvgIpc) is 3.05. The monoisotopic (exact) mass is 525 g/mol. The second kappa shape index (κ2) is 8.33. The van der Waals surface area contributed by atoms with Gasteiger partial charge >= 0.3 is 0 Å². The van der Waals surface area contributed by atoms with Crippen molar-refractivity contribution in [2.75, 3.05) is 4.90 Å². The van der Waals surface area contributed by atoms with E-state index in [1.165, 1.54) is 17.0 Å². The Morgan fingerprint density at radius 1 is 0.933 bits per heavy atom. The number of para-hydroxylation sites is 1. The molecule has 0 atom stereocenters. The Morgan fingerprint density at radius 2 is 1.60 bits per heavy atom. The normalized spacial score (nSPS) is 14.9. The lowest BCUT2D eigenvalue weighted by Gasteiger charge is -2.19. The molecule has 0 aliphatic carbocycles. The zero-order chi connectivity index (χ0) is 21.3. The molecule has 0 saturated carbocycles. The van der Waals surface area contributed by atoms with Gasteiger partial charge in [-0.15, -0.1) is 0 Å². The summed E-state index contributed by atoms with van der Waals surface area (Å²) in [5.74, 6) is 0.0841. The van der Waals surface area contributed by atoms with Crippen LogP contribution in [0, 0.1) is 10.1 Å². The molecule has 0 unspecified atom stereocenters. The summed E-state index contributed by atoms with van der Waals surface area (Å²) in [6.07, 6.45) is 1.45. The number of nitro benzene ring substituents is 1. The predicted octanol–water partition coefficient (Wildman–Crippen LogP) is 5.95. The van der Waals surface area contributed by atoms with Crippen molar-refractivity contribution < 1.29 is 9.72 Å². The van der Waals surface area contributed by atoms with E-state index in [4.69, 9.17) is 0 Å². The molecule has 0 radical (unpaired) electrons. The van der Waals surface area contributed by atoms with E-state index < -0.39 is 4.92 Å². The highest BCUT2D eigenvalue weighted by molar-refractivity contribution is 9.10. The molecule has 1 heterocycles. The summed E-state index contributed by atoms with van der Waals surface area (Å²) in [6.45, 7) is 0. The molecule has 30 heavy (non-hydrogen) atoms. The van der Waals surface area contributed by atoms with Crippen molar-refractivity contribution >= 4 is 61.1 Å². The summed E-state index contributed by atoms with van der Waals surface area (Å²) < 4.78 is 1.67. The third kappa shape index (κ3) is 3.83. The first-order valence-corrected chi connectivity index (χ1v) is 10.4. The van der Waals surface area contributed by atoms with Crippen LogP contribution in [-0.2, 0) is 4.79 Å². The molecule has 8 heteroatoms. The van der Waals surface area contributed by atoms with Gasteiger partial charge in [0.1, 0.15) is 11.5 Å². The lowest BCUT2D eigenvalue weighted by atomic mass is 10.1. The number of amides is 1. The average molecular weight is 527 g/mol. The molecule has 3 aromatic carbocycles. The topological polar surface area (TPSA) is 75.8 Å². The molecule has 3 aromatic rings. The molecule has 148 valence electrons. The number of rotatable bonds is 4. The van der Waals surface area contributed by atoms with Crippen molar-refractivity contribution in [1.82, 2.24) is 0 Å². The van der Waals surface area contributed by atoms with Gasteiger partial charge in [0.2, 0.25) is 0 Å². The van der Waals surface area contributed by atoms with E-state index in [9.17, 15) is 14.9 Å². The third-order valence-electron chi connectivity index (χ3n) is 4.49. The number of nitro groups is 1. The molecule has 0 saturated heterocycles. The van der Waals surface area contributed by atoms with Crippen molar-refractivity contribution in [2.45, 2.75) is 0 Å². The zero-order valence-corrected chi connectivity index (χ0v) is 18.5. The van der Waals surface area contributed by atoms with Gasteiger partial charge in [0.05, 0.1) is 16.2 Å². The number of nitrogens with zero attached hydrogens (tertiary/aromatic N) is 3. The number of anilines is 1. The molecule has 0 bridgehead atoms. The standard InChI is InChI=1S/C22H13Br2N3O3/c23-15-9-11-16(12-10-15)26-21(17-6-2-3-7-18(17)24)25-19(22(26)28)13-14-5-1-4-8-20(14)27(29)30/h1-13H/b19-13+. The fourth-order valence-electron chi connectivity index (χ4n) is 3.09. The molecule has 0 aromatic heterocycles. The molecule has 1 aliphatic heterocycles. The maximum atomic E-state index is 13.3. The fourth-order valence-corrected chi connectivity index (χ4v) is 3.82. The Morgan fingerprint density at radius 3 is 2.30 bits per heavy atom. The Kier molecular flexibility index (Phi) is 5.61. The van der Waals surface area contributed by atoms with E-state index >= 15 is 0 Å². The van der Waals surface area contributed by atoms with Gasteiger partial charge in [-0.25, -0.2) is 4.99 Å².